The Kier molecular flexibility index (Phi) is 3.99. The smallest absolute Gasteiger partial charge is 0.227 e. The molecule has 2 rings (SSSR count). The summed E-state index contributed by atoms with van der Waals surface area (Å²) >= 11 is 0. The quantitative estimate of drug-likeness (QED) is 0.843. The van der Waals surface area contributed by atoms with Gasteiger partial charge in [-0.3, -0.25) is 4.79 Å². The van der Waals surface area contributed by atoms with E-state index in [-0.39, 0.29) is 23.9 Å². The summed E-state index contributed by atoms with van der Waals surface area (Å²) in [5.74, 6) is -0.244. The third-order valence-electron chi connectivity index (χ3n) is 3.36. The number of carbonyl (C=O) groups excluding carboxylic acids is 1. The van der Waals surface area contributed by atoms with Crippen LogP contribution in [0.4, 0.5) is 0 Å². The van der Waals surface area contributed by atoms with Gasteiger partial charge in [0.2, 0.25) is 5.91 Å². The number of nitrogens with two attached hydrogens (primary N) is 1. The molecule has 1 heterocycles. The minimum Gasteiger partial charge on any atom is -0.379 e. The summed E-state index contributed by atoms with van der Waals surface area (Å²) in [6.07, 6.45) is 0. The van der Waals surface area contributed by atoms with Gasteiger partial charge in [-0.15, -0.1) is 0 Å². The average Bonchev–Trinajstić information content (AvgIpc) is 2.75. The molecule has 1 fully saturated rings. The SMILES string of the molecule is Cc1cccc([C@@H](C)NC(=O)C2COCC2N)c1. The van der Waals surface area contributed by atoms with Gasteiger partial charge < -0.3 is 15.8 Å². The second-order valence-electron chi connectivity index (χ2n) is 4.95. The van der Waals surface area contributed by atoms with E-state index < -0.39 is 0 Å². The minimum absolute atomic E-state index is 0.00907. The van der Waals surface area contributed by atoms with Crippen LogP contribution in [0.2, 0.25) is 0 Å². The monoisotopic (exact) mass is 248 g/mol. The van der Waals surface area contributed by atoms with Gasteiger partial charge in [0.15, 0.2) is 0 Å². The van der Waals surface area contributed by atoms with E-state index in [2.05, 4.69) is 11.4 Å². The molecular formula is C14H20N2O2. The van der Waals surface area contributed by atoms with E-state index in [1.165, 1.54) is 5.56 Å². The molecule has 0 bridgehead atoms. The zero-order valence-electron chi connectivity index (χ0n) is 10.8. The normalized spacial score (nSPS) is 24.8. The number of hydrogen-bond acceptors (Lipinski definition) is 3. The fourth-order valence-corrected chi connectivity index (χ4v) is 2.18. The molecule has 4 nitrogen and oxygen atoms in total. The maximum atomic E-state index is 12.1. The highest BCUT2D eigenvalue weighted by molar-refractivity contribution is 5.80. The molecule has 4 heteroatoms. The van der Waals surface area contributed by atoms with Crippen molar-refractivity contribution in [3.63, 3.8) is 0 Å². The fourth-order valence-electron chi connectivity index (χ4n) is 2.18. The van der Waals surface area contributed by atoms with Gasteiger partial charge in [-0.1, -0.05) is 29.8 Å². The van der Waals surface area contributed by atoms with Crippen molar-refractivity contribution in [1.82, 2.24) is 5.32 Å². The maximum Gasteiger partial charge on any atom is 0.227 e. The second kappa shape index (κ2) is 5.50. The number of rotatable bonds is 3. The highest BCUT2D eigenvalue weighted by Crippen LogP contribution is 2.17. The third-order valence-corrected chi connectivity index (χ3v) is 3.36. The number of hydrogen-bond donors (Lipinski definition) is 2. The Morgan fingerprint density at radius 1 is 1.50 bits per heavy atom. The molecule has 0 aliphatic carbocycles. The van der Waals surface area contributed by atoms with E-state index in [4.69, 9.17) is 10.5 Å². The predicted molar refractivity (Wildman–Crippen MR) is 70.0 cm³/mol. The summed E-state index contributed by atoms with van der Waals surface area (Å²) in [6, 6.07) is 7.94. The largest absolute Gasteiger partial charge is 0.379 e. The van der Waals surface area contributed by atoms with Crippen LogP contribution in [0.25, 0.3) is 0 Å². The lowest BCUT2D eigenvalue weighted by molar-refractivity contribution is -0.125. The number of nitrogens with one attached hydrogen (secondary N) is 1. The first kappa shape index (κ1) is 13.1. The zero-order valence-corrected chi connectivity index (χ0v) is 10.8. The van der Waals surface area contributed by atoms with Crippen LogP contribution in [0.3, 0.4) is 0 Å². The standard InChI is InChI=1S/C14H20N2O2/c1-9-4-3-5-11(6-9)10(2)16-14(17)12-7-18-8-13(12)15/h3-6,10,12-13H,7-8,15H2,1-2H3,(H,16,17)/t10-,12?,13?/m1/s1. The first-order valence-corrected chi connectivity index (χ1v) is 6.28. The topological polar surface area (TPSA) is 64.3 Å². The van der Waals surface area contributed by atoms with Crippen LogP contribution in [0, 0.1) is 12.8 Å². The number of benzene rings is 1. The minimum atomic E-state index is -0.225. The second-order valence-corrected chi connectivity index (χ2v) is 4.95. The van der Waals surface area contributed by atoms with E-state index in [9.17, 15) is 4.79 Å². The van der Waals surface area contributed by atoms with E-state index in [0.717, 1.165) is 5.56 Å². The van der Waals surface area contributed by atoms with Crippen molar-refractivity contribution in [2.75, 3.05) is 13.2 Å². The zero-order chi connectivity index (χ0) is 13.1. The fraction of sp³-hybridized carbons (Fsp3) is 0.500. The predicted octanol–water partition coefficient (Wildman–Crippen LogP) is 1.15. The lowest BCUT2D eigenvalue weighted by Gasteiger charge is -2.19. The van der Waals surface area contributed by atoms with Crippen molar-refractivity contribution in [2.24, 2.45) is 11.7 Å². The lowest BCUT2D eigenvalue weighted by atomic mass is 10.0. The molecule has 0 radical (unpaired) electrons. The van der Waals surface area contributed by atoms with Crippen LogP contribution >= 0.6 is 0 Å². The van der Waals surface area contributed by atoms with E-state index in [1.807, 2.05) is 32.0 Å². The maximum absolute atomic E-state index is 12.1. The van der Waals surface area contributed by atoms with Gasteiger partial charge in [0.25, 0.3) is 0 Å². The van der Waals surface area contributed by atoms with Gasteiger partial charge in [0.1, 0.15) is 0 Å². The summed E-state index contributed by atoms with van der Waals surface area (Å²) in [7, 11) is 0. The van der Waals surface area contributed by atoms with Crippen LogP contribution in [0.1, 0.15) is 24.1 Å². The highest BCUT2D eigenvalue weighted by atomic mass is 16.5. The van der Waals surface area contributed by atoms with Crippen molar-refractivity contribution < 1.29 is 9.53 Å². The third kappa shape index (κ3) is 2.89. The molecule has 3 N–H and O–H groups in total. The van der Waals surface area contributed by atoms with Gasteiger partial charge >= 0.3 is 0 Å². The molecule has 0 aromatic heterocycles. The van der Waals surface area contributed by atoms with Crippen LogP contribution in [-0.2, 0) is 9.53 Å². The first-order chi connectivity index (χ1) is 8.58. The van der Waals surface area contributed by atoms with E-state index in [1.54, 1.807) is 0 Å². The molecule has 18 heavy (non-hydrogen) atoms. The average molecular weight is 248 g/mol. The Morgan fingerprint density at radius 3 is 2.89 bits per heavy atom. The Morgan fingerprint density at radius 2 is 2.28 bits per heavy atom. The Hall–Kier alpha value is -1.39. The van der Waals surface area contributed by atoms with Crippen molar-refractivity contribution in [3.05, 3.63) is 35.4 Å². The summed E-state index contributed by atoms with van der Waals surface area (Å²) in [4.78, 5) is 12.1. The van der Waals surface area contributed by atoms with Gasteiger partial charge in [-0.05, 0) is 19.4 Å². The molecule has 1 aliphatic heterocycles. The Labute approximate surface area is 108 Å². The number of carbonyl (C=O) groups is 1. The molecule has 1 saturated heterocycles. The van der Waals surface area contributed by atoms with Crippen LogP contribution in [0.5, 0.6) is 0 Å². The first-order valence-electron chi connectivity index (χ1n) is 6.28. The molecule has 1 aromatic rings. The van der Waals surface area contributed by atoms with Crippen molar-refractivity contribution in [2.45, 2.75) is 25.9 Å². The van der Waals surface area contributed by atoms with Crippen LogP contribution in [0.15, 0.2) is 24.3 Å². The lowest BCUT2D eigenvalue weighted by Crippen LogP contribution is -2.41. The van der Waals surface area contributed by atoms with Crippen molar-refractivity contribution >= 4 is 5.91 Å². The molecule has 2 unspecified atom stereocenters. The summed E-state index contributed by atoms with van der Waals surface area (Å²) in [6.45, 7) is 4.91. The highest BCUT2D eigenvalue weighted by Gasteiger charge is 2.31. The van der Waals surface area contributed by atoms with Gasteiger partial charge in [-0.2, -0.15) is 0 Å². The number of amides is 1. The molecule has 1 amide bonds. The molecule has 98 valence electrons. The van der Waals surface area contributed by atoms with Crippen molar-refractivity contribution in [1.29, 1.82) is 0 Å². The van der Waals surface area contributed by atoms with Crippen molar-refractivity contribution in [3.8, 4) is 0 Å². The Balaban J connectivity index is 1.98. The molecule has 3 atom stereocenters. The number of ether oxygens (including phenoxy) is 1. The van der Waals surface area contributed by atoms with Gasteiger partial charge in [0.05, 0.1) is 25.2 Å². The van der Waals surface area contributed by atoms with Crippen LogP contribution in [-0.4, -0.2) is 25.2 Å². The number of aryl methyl sites for hydroxylation is 1. The summed E-state index contributed by atoms with van der Waals surface area (Å²) in [5.41, 5.74) is 8.13. The molecule has 1 aromatic carbocycles. The van der Waals surface area contributed by atoms with Crippen LogP contribution < -0.4 is 11.1 Å². The van der Waals surface area contributed by atoms with Gasteiger partial charge in [-0.25, -0.2) is 0 Å². The van der Waals surface area contributed by atoms with E-state index in [0.29, 0.717) is 13.2 Å². The molecule has 0 spiro atoms. The molecule has 1 aliphatic rings. The Bertz CT molecular complexity index is 434. The van der Waals surface area contributed by atoms with E-state index >= 15 is 0 Å². The summed E-state index contributed by atoms with van der Waals surface area (Å²) in [5, 5.41) is 3.00. The molecule has 0 saturated carbocycles. The molecular weight excluding hydrogens is 228 g/mol. The summed E-state index contributed by atoms with van der Waals surface area (Å²) < 4.78 is 5.21. The van der Waals surface area contributed by atoms with Gasteiger partial charge in [0, 0.05) is 6.04 Å².